The van der Waals surface area contributed by atoms with Gasteiger partial charge in [0.2, 0.25) is 5.91 Å². The molecule has 2 N–H and O–H groups in total. The summed E-state index contributed by atoms with van der Waals surface area (Å²) in [5.41, 5.74) is 2.04. The molecule has 3 rings (SSSR count). The van der Waals surface area contributed by atoms with E-state index in [1.165, 1.54) is 17.8 Å². The van der Waals surface area contributed by atoms with Crippen molar-refractivity contribution in [3.05, 3.63) is 68.4 Å². The van der Waals surface area contributed by atoms with Crippen molar-refractivity contribution >= 4 is 64.1 Å². The highest BCUT2D eigenvalue weighted by atomic mass is 35.5. The normalized spacial score (nSPS) is 10.8. The molecule has 0 atom stereocenters. The van der Waals surface area contributed by atoms with Crippen LogP contribution in [0.25, 0.3) is 0 Å². The van der Waals surface area contributed by atoms with Gasteiger partial charge in [0.1, 0.15) is 5.82 Å². The van der Waals surface area contributed by atoms with E-state index in [1.54, 1.807) is 24.3 Å². The summed E-state index contributed by atoms with van der Waals surface area (Å²) < 4.78 is 1.92. The lowest BCUT2D eigenvalue weighted by Gasteiger charge is -2.10. The maximum absolute atomic E-state index is 12.4. The van der Waals surface area contributed by atoms with Crippen molar-refractivity contribution in [3.63, 3.8) is 0 Å². The molecule has 3 aromatic rings. The van der Waals surface area contributed by atoms with Crippen LogP contribution in [0.15, 0.2) is 41.6 Å². The number of nitrogens with zero attached hydrogens (tertiary/aromatic N) is 3. The van der Waals surface area contributed by atoms with E-state index in [0.29, 0.717) is 51.0 Å². The van der Waals surface area contributed by atoms with Gasteiger partial charge in [-0.05, 0) is 49.7 Å². The molecular formula is C22H22Cl3N5O2S. The zero-order valence-electron chi connectivity index (χ0n) is 18.0. The number of amides is 2. The first-order chi connectivity index (χ1) is 15.8. The average molecular weight is 527 g/mol. The van der Waals surface area contributed by atoms with E-state index in [2.05, 4.69) is 20.8 Å². The number of aromatic nitrogens is 3. The van der Waals surface area contributed by atoms with Gasteiger partial charge < -0.3 is 15.2 Å². The van der Waals surface area contributed by atoms with Crippen LogP contribution in [0.3, 0.4) is 0 Å². The number of hydrogen-bond acceptors (Lipinski definition) is 5. The molecule has 0 unspecified atom stereocenters. The van der Waals surface area contributed by atoms with Gasteiger partial charge in [0.25, 0.3) is 5.91 Å². The van der Waals surface area contributed by atoms with Gasteiger partial charge in [-0.3, -0.25) is 9.59 Å². The molecule has 0 aliphatic rings. The quantitative estimate of drug-likeness (QED) is 0.371. The first-order valence-corrected chi connectivity index (χ1v) is 12.2. The van der Waals surface area contributed by atoms with Gasteiger partial charge in [0, 0.05) is 35.8 Å². The molecule has 174 valence electrons. The van der Waals surface area contributed by atoms with E-state index in [0.717, 1.165) is 11.4 Å². The molecule has 0 spiro atoms. The van der Waals surface area contributed by atoms with Crippen molar-refractivity contribution in [1.29, 1.82) is 0 Å². The number of nitrogens with one attached hydrogen (secondary N) is 2. The summed E-state index contributed by atoms with van der Waals surface area (Å²) in [6, 6.07) is 10.1. The van der Waals surface area contributed by atoms with Crippen LogP contribution >= 0.6 is 46.6 Å². The molecule has 0 saturated heterocycles. The summed E-state index contributed by atoms with van der Waals surface area (Å²) >= 11 is 19.2. The second kappa shape index (κ2) is 11.7. The number of anilines is 1. The smallest absolute Gasteiger partial charge is 0.251 e. The molecule has 1 heterocycles. The monoisotopic (exact) mass is 525 g/mol. The third-order valence-corrected chi connectivity index (χ3v) is 6.67. The highest BCUT2D eigenvalue weighted by molar-refractivity contribution is 7.99. The topological polar surface area (TPSA) is 88.9 Å². The van der Waals surface area contributed by atoms with E-state index < -0.39 is 0 Å². The second-order valence-electron chi connectivity index (χ2n) is 7.07. The zero-order chi connectivity index (χ0) is 24.0. The summed E-state index contributed by atoms with van der Waals surface area (Å²) in [5, 5.41) is 16.1. The minimum absolute atomic E-state index is 0.161. The van der Waals surface area contributed by atoms with E-state index in [1.807, 2.05) is 24.5 Å². The van der Waals surface area contributed by atoms with Crippen LogP contribution in [0, 0.1) is 6.92 Å². The Balaban J connectivity index is 1.53. The van der Waals surface area contributed by atoms with Crippen LogP contribution in [0.1, 0.15) is 28.7 Å². The van der Waals surface area contributed by atoms with Crippen molar-refractivity contribution in [1.82, 2.24) is 20.1 Å². The maximum atomic E-state index is 12.4. The summed E-state index contributed by atoms with van der Waals surface area (Å²) in [7, 11) is 0. The van der Waals surface area contributed by atoms with E-state index in [-0.39, 0.29) is 17.6 Å². The van der Waals surface area contributed by atoms with Gasteiger partial charge in [0.05, 0.1) is 15.8 Å². The predicted octanol–water partition coefficient (Wildman–Crippen LogP) is 5.27. The number of benzene rings is 2. The van der Waals surface area contributed by atoms with E-state index >= 15 is 0 Å². The molecule has 2 amide bonds. The van der Waals surface area contributed by atoms with Crippen molar-refractivity contribution < 1.29 is 9.59 Å². The SMILES string of the molecule is CCn1c(CCNC(=O)c2ccc(Cl)c(Cl)c2)nnc1SCC(=O)Nc1cc(Cl)ccc1C. The minimum Gasteiger partial charge on any atom is -0.352 e. The van der Waals surface area contributed by atoms with Crippen LogP contribution in [-0.2, 0) is 17.8 Å². The minimum atomic E-state index is -0.251. The highest BCUT2D eigenvalue weighted by Crippen LogP contribution is 2.23. The van der Waals surface area contributed by atoms with Crippen LogP contribution in [0.2, 0.25) is 15.1 Å². The van der Waals surface area contributed by atoms with Gasteiger partial charge in [-0.1, -0.05) is 52.6 Å². The zero-order valence-corrected chi connectivity index (χ0v) is 21.1. The molecule has 7 nitrogen and oxygen atoms in total. The number of halogens is 3. The molecule has 11 heteroatoms. The molecule has 2 aromatic carbocycles. The Morgan fingerprint density at radius 1 is 1.06 bits per heavy atom. The molecule has 33 heavy (non-hydrogen) atoms. The fourth-order valence-electron chi connectivity index (χ4n) is 3.00. The number of hydrogen-bond donors (Lipinski definition) is 2. The van der Waals surface area contributed by atoms with Crippen LogP contribution in [0.4, 0.5) is 5.69 Å². The number of aryl methyl sites for hydroxylation is 1. The van der Waals surface area contributed by atoms with Crippen LogP contribution in [0.5, 0.6) is 0 Å². The standard InChI is InChI=1S/C22H22Cl3N5O2S/c1-3-30-19(8-9-26-21(32)14-5-7-16(24)17(25)10-14)28-29-22(30)33-12-20(31)27-18-11-15(23)6-4-13(18)2/h4-7,10-11H,3,8-9,12H2,1-2H3,(H,26,32)(H,27,31). The Hall–Kier alpha value is -2.26. The van der Waals surface area contributed by atoms with Crippen molar-refractivity contribution in [3.8, 4) is 0 Å². The third kappa shape index (κ3) is 6.86. The van der Waals surface area contributed by atoms with Crippen molar-refractivity contribution in [2.75, 3.05) is 17.6 Å². The summed E-state index contributed by atoms with van der Waals surface area (Å²) in [4.78, 5) is 24.7. The number of carbonyl (C=O) groups excluding carboxylic acids is 2. The largest absolute Gasteiger partial charge is 0.352 e. The summed E-state index contributed by atoms with van der Waals surface area (Å²) in [5.74, 6) is 0.490. The van der Waals surface area contributed by atoms with Gasteiger partial charge in [0.15, 0.2) is 5.16 Å². The van der Waals surface area contributed by atoms with Crippen molar-refractivity contribution in [2.24, 2.45) is 0 Å². The molecule has 1 aromatic heterocycles. The lowest BCUT2D eigenvalue weighted by atomic mass is 10.2. The van der Waals surface area contributed by atoms with Crippen LogP contribution in [-0.4, -0.2) is 38.9 Å². The maximum Gasteiger partial charge on any atom is 0.251 e. The molecular weight excluding hydrogens is 505 g/mol. The molecule has 0 aliphatic heterocycles. The fourth-order valence-corrected chi connectivity index (χ4v) is 4.29. The van der Waals surface area contributed by atoms with Gasteiger partial charge in [-0.25, -0.2) is 0 Å². The lowest BCUT2D eigenvalue weighted by Crippen LogP contribution is -2.26. The second-order valence-corrected chi connectivity index (χ2v) is 9.27. The number of thioether (sulfide) groups is 1. The Labute approximate surface area is 211 Å². The molecule has 0 bridgehead atoms. The van der Waals surface area contributed by atoms with Gasteiger partial charge in [-0.2, -0.15) is 0 Å². The molecule has 0 radical (unpaired) electrons. The average Bonchev–Trinajstić information content (AvgIpc) is 3.18. The third-order valence-electron chi connectivity index (χ3n) is 4.73. The summed E-state index contributed by atoms with van der Waals surface area (Å²) in [6.45, 7) is 4.89. The lowest BCUT2D eigenvalue weighted by molar-refractivity contribution is -0.113. The Bertz CT molecular complexity index is 1170. The van der Waals surface area contributed by atoms with Crippen LogP contribution < -0.4 is 10.6 Å². The summed E-state index contributed by atoms with van der Waals surface area (Å²) in [6.07, 6.45) is 0.488. The van der Waals surface area contributed by atoms with Gasteiger partial charge >= 0.3 is 0 Å². The van der Waals surface area contributed by atoms with E-state index in [9.17, 15) is 9.59 Å². The van der Waals surface area contributed by atoms with E-state index in [4.69, 9.17) is 34.8 Å². The highest BCUT2D eigenvalue weighted by Gasteiger charge is 2.15. The first-order valence-electron chi connectivity index (χ1n) is 10.1. The number of rotatable bonds is 9. The Morgan fingerprint density at radius 3 is 2.58 bits per heavy atom. The fraction of sp³-hybridized carbons (Fsp3) is 0.273. The Kier molecular flexibility index (Phi) is 9.02. The molecule has 0 aliphatic carbocycles. The first kappa shape index (κ1) is 25.4. The molecule has 0 fully saturated rings. The Morgan fingerprint density at radius 2 is 1.85 bits per heavy atom. The predicted molar refractivity (Wildman–Crippen MR) is 134 cm³/mol. The van der Waals surface area contributed by atoms with Gasteiger partial charge in [-0.15, -0.1) is 10.2 Å². The van der Waals surface area contributed by atoms with Crippen molar-refractivity contribution in [2.45, 2.75) is 32.0 Å². The molecule has 0 saturated carbocycles. The number of carbonyl (C=O) groups is 2.